The van der Waals surface area contributed by atoms with Crippen molar-refractivity contribution in [1.82, 2.24) is 15.2 Å². The van der Waals surface area contributed by atoms with Gasteiger partial charge in [-0.2, -0.15) is 5.10 Å². The molecule has 0 saturated carbocycles. The lowest BCUT2D eigenvalue weighted by molar-refractivity contribution is 0.584. The molecule has 5 nitrogen and oxygen atoms in total. The molecule has 2 rings (SSSR count). The van der Waals surface area contributed by atoms with Crippen LogP contribution in [0.1, 0.15) is 6.92 Å². The number of aromatic nitrogens is 3. The molecular weight excluding hydrogens is 238 g/mol. The Morgan fingerprint density at radius 1 is 1.18 bits per heavy atom. The lowest BCUT2D eigenvalue weighted by Gasteiger charge is -2.02. The van der Waals surface area contributed by atoms with Gasteiger partial charge in [0.15, 0.2) is 0 Å². The minimum atomic E-state index is -3.41. The Kier molecular flexibility index (Phi) is 3.14. The van der Waals surface area contributed by atoms with Gasteiger partial charge in [0, 0.05) is 5.56 Å². The second kappa shape index (κ2) is 4.58. The van der Waals surface area contributed by atoms with Crippen molar-refractivity contribution in [2.75, 3.05) is 5.75 Å². The predicted octanol–water partition coefficient (Wildman–Crippen LogP) is 1.33. The Balaban J connectivity index is 2.50. The van der Waals surface area contributed by atoms with Crippen molar-refractivity contribution >= 4 is 9.84 Å². The van der Waals surface area contributed by atoms with Crippen LogP contribution in [0.5, 0.6) is 0 Å². The summed E-state index contributed by atoms with van der Waals surface area (Å²) in [6.45, 7) is 1.55. The fourth-order valence-electron chi connectivity index (χ4n) is 1.30. The summed E-state index contributed by atoms with van der Waals surface area (Å²) in [5, 5.41) is 7.02. The van der Waals surface area contributed by atoms with Gasteiger partial charge < -0.3 is 0 Å². The summed E-state index contributed by atoms with van der Waals surface area (Å²) < 4.78 is 23.2. The van der Waals surface area contributed by atoms with Gasteiger partial charge in [0.05, 0.1) is 17.6 Å². The van der Waals surface area contributed by atoms with Crippen LogP contribution in [0.2, 0.25) is 0 Å². The zero-order chi connectivity index (χ0) is 12.3. The zero-order valence-electron chi connectivity index (χ0n) is 9.24. The molecule has 2 aromatic rings. The van der Waals surface area contributed by atoms with E-state index in [1.165, 1.54) is 6.20 Å². The Hall–Kier alpha value is -1.82. The molecule has 1 aromatic carbocycles. The van der Waals surface area contributed by atoms with E-state index in [-0.39, 0.29) is 10.9 Å². The monoisotopic (exact) mass is 249 g/mol. The standard InChI is InChI=1S/C11H11N3O2S/c1-2-17(15,16)11-13-10(8-12-14-11)9-6-4-3-5-7-9/h3-8H,2H2,1H3. The normalized spacial score (nSPS) is 11.4. The van der Waals surface area contributed by atoms with Crippen LogP contribution in [0.15, 0.2) is 41.7 Å². The molecule has 6 heteroatoms. The Morgan fingerprint density at radius 3 is 2.53 bits per heavy atom. The Morgan fingerprint density at radius 2 is 1.88 bits per heavy atom. The summed E-state index contributed by atoms with van der Waals surface area (Å²) in [6.07, 6.45) is 1.45. The quantitative estimate of drug-likeness (QED) is 0.820. The third-order valence-electron chi connectivity index (χ3n) is 2.27. The second-order valence-electron chi connectivity index (χ2n) is 3.39. The molecule has 0 aliphatic rings. The predicted molar refractivity (Wildman–Crippen MR) is 63.0 cm³/mol. The van der Waals surface area contributed by atoms with Crippen LogP contribution in [-0.4, -0.2) is 29.4 Å². The van der Waals surface area contributed by atoms with Gasteiger partial charge >= 0.3 is 0 Å². The lowest BCUT2D eigenvalue weighted by atomic mass is 10.2. The van der Waals surface area contributed by atoms with Gasteiger partial charge in [-0.15, -0.1) is 5.10 Å². The fraction of sp³-hybridized carbons (Fsp3) is 0.182. The maximum Gasteiger partial charge on any atom is 0.267 e. The molecule has 0 atom stereocenters. The molecule has 0 aliphatic carbocycles. The summed E-state index contributed by atoms with van der Waals surface area (Å²) >= 11 is 0. The van der Waals surface area contributed by atoms with E-state index in [0.717, 1.165) is 5.56 Å². The Labute approximate surface area is 99.5 Å². The number of hydrogen-bond donors (Lipinski definition) is 0. The van der Waals surface area contributed by atoms with E-state index in [2.05, 4.69) is 15.2 Å². The van der Waals surface area contributed by atoms with Gasteiger partial charge in [-0.05, 0) is 0 Å². The molecule has 17 heavy (non-hydrogen) atoms. The molecule has 0 aliphatic heterocycles. The maximum atomic E-state index is 11.6. The summed E-state index contributed by atoms with van der Waals surface area (Å²) in [6, 6.07) is 9.26. The molecule has 0 N–H and O–H groups in total. The lowest BCUT2D eigenvalue weighted by Crippen LogP contribution is -2.10. The van der Waals surface area contributed by atoms with Crippen molar-refractivity contribution in [2.24, 2.45) is 0 Å². The van der Waals surface area contributed by atoms with Crippen LogP contribution >= 0.6 is 0 Å². The van der Waals surface area contributed by atoms with E-state index in [1.807, 2.05) is 30.3 Å². The van der Waals surface area contributed by atoms with Crippen molar-refractivity contribution in [3.63, 3.8) is 0 Å². The van der Waals surface area contributed by atoms with E-state index in [4.69, 9.17) is 0 Å². The van der Waals surface area contributed by atoms with Crippen molar-refractivity contribution in [1.29, 1.82) is 0 Å². The SMILES string of the molecule is CCS(=O)(=O)c1nncc(-c2ccccc2)n1. The molecular formula is C11H11N3O2S. The minimum Gasteiger partial charge on any atom is -0.220 e. The van der Waals surface area contributed by atoms with Crippen molar-refractivity contribution in [2.45, 2.75) is 12.1 Å². The van der Waals surface area contributed by atoms with Gasteiger partial charge in [0.1, 0.15) is 0 Å². The van der Waals surface area contributed by atoms with Crippen LogP contribution in [0, 0.1) is 0 Å². The summed E-state index contributed by atoms with van der Waals surface area (Å²) in [5.74, 6) is -0.0348. The summed E-state index contributed by atoms with van der Waals surface area (Å²) in [5.41, 5.74) is 1.32. The molecule has 88 valence electrons. The topological polar surface area (TPSA) is 72.8 Å². The third-order valence-corrected chi connectivity index (χ3v) is 3.76. The first kappa shape index (κ1) is 11.7. The number of benzene rings is 1. The molecule has 0 amide bonds. The number of hydrogen-bond acceptors (Lipinski definition) is 5. The van der Waals surface area contributed by atoms with Gasteiger partial charge in [-0.25, -0.2) is 13.4 Å². The highest BCUT2D eigenvalue weighted by Crippen LogP contribution is 2.16. The van der Waals surface area contributed by atoms with Crippen molar-refractivity contribution in [3.8, 4) is 11.3 Å². The molecule has 0 unspecified atom stereocenters. The first-order valence-corrected chi connectivity index (χ1v) is 6.76. The van der Waals surface area contributed by atoms with E-state index < -0.39 is 9.84 Å². The minimum absolute atomic E-state index is 0.0348. The third kappa shape index (κ3) is 2.47. The number of sulfone groups is 1. The van der Waals surface area contributed by atoms with E-state index >= 15 is 0 Å². The molecule has 0 spiro atoms. The summed E-state index contributed by atoms with van der Waals surface area (Å²) in [7, 11) is -3.41. The molecule has 0 saturated heterocycles. The van der Waals surface area contributed by atoms with Crippen LogP contribution in [-0.2, 0) is 9.84 Å². The van der Waals surface area contributed by atoms with E-state index in [1.54, 1.807) is 6.92 Å². The molecule has 1 heterocycles. The Bertz CT molecular complexity index is 612. The van der Waals surface area contributed by atoms with Crippen LogP contribution < -0.4 is 0 Å². The second-order valence-corrected chi connectivity index (χ2v) is 5.57. The largest absolute Gasteiger partial charge is 0.267 e. The average Bonchev–Trinajstić information content (AvgIpc) is 2.40. The van der Waals surface area contributed by atoms with E-state index in [9.17, 15) is 8.42 Å². The van der Waals surface area contributed by atoms with Crippen LogP contribution in [0.3, 0.4) is 0 Å². The molecule has 0 fully saturated rings. The smallest absolute Gasteiger partial charge is 0.220 e. The maximum absolute atomic E-state index is 11.6. The highest BCUT2D eigenvalue weighted by Gasteiger charge is 2.16. The van der Waals surface area contributed by atoms with E-state index in [0.29, 0.717) is 5.69 Å². The van der Waals surface area contributed by atoms with Gasteiger partial charge in [0.2, 0.25) is 9.84 Å². The fourth-order valence-corrected chi connectivity index (χ4v) is 1.96. The number of rotatable bonds is 3. The van der Waals surface area contributed by atoms with Gasteiger partial charge in [-0.1, -0.05) is 37.3 Å². The molecule has 0 radical (unpaired) electrons. The van der Waals surface area contributed by atoms with Gasteiger partial charge in [0.25, 0.3) is 5.16 Å². The van der Waals surface area contributed by atoms with Crippen molar-refractivity contribution in [3.05, 3.63) is 36.5 Å². The first-order chi connectivity index (χ1) is 8.13. The van der Waals surface area contributed by atoms with Crippen LogP contribution in [0.25, 0.3) is 11.3 Å². The van der Waals surface area contributed by atoms with Crippen LogP contribution in [0.4, 0.5) is 0 Å². The van der Waals surface area contributed by atoms with Crippen molar-refractivity contribution < 1.29 is 8.42 Å². The highest BCUT2D eigenvalue weighted by molar-refractivity contribution is 7.91. The molecule has 0 bridgehead atoms. The molecule has 1 aromatic heterocycles. The first-order valence-electron chi connectivity index (χ1n) is 5.11. The zero-order valence-corrected chi connectivity index (χ0v) is 10.1. The average molecular weight is 249 g/mol. The highest BCUT2D eigenvalue weighted by atomic mass is 32.2. The number of nitrogens with zero attached hydrogens (tertiary/aromatic N) is 3. The summed E-state index contributed by atoms with van der Waals surface area (Å²) in [4.78, 5) is 4.02. The van der Waals surface area contributed by atoms with Gasteiger partial charge in [-0.3, -0.25) is 0 Å².